The summed E-state index contributed by atoms with van der Waals surface area (Å²) < 4.78 is 11.9. The highest BCUT2D eigenvalue weighted by Gasteiger charge is 2.35. The Morgan fingerprint density at radius 3 is 2.58 bits per heavy atom. The number of piperidine rings is 3. The zero-order valence-corrected chi connectivity index (χ0v) is 13.4. The summed E-state index contributed by atoms with van der Waals surface area (Å²) in [5.41, 5.74) is 1.74. The number of hydrogen-bond donors (Lipinski definition) is 0. The molecule has 3 fully saturated rings. The molecule has 3 aromatic rings. The summed E-state index contributed by atoms with van der Waals surface area (Å²) >= 11 is 0. The van der Waals surface area contributed by atoms with E-state index in [-0.39, 0.29) is 6.10 Å². The average molecular weight is 321 g/mol. The van der Waals surface area contributed by atoms with Crippen molar-refractivity contribution in [3.05, 3.63) is 42.7 Å². The van der Waals surface area contributed by atoms with E-state index in [9.17, 15) is 0 Å². The molecule has 122 valence electrons. The Bertz CT molecular complexity index is 817. The predicted octanol–water partition coefficient (Wildman–Crippen LogP) is 3.36. The molecule has 5 heterocycles. The Morgan fingerprint density at radius 1 is 1.08 bits per heavy atom. The van der Waals surface area contributed by atoms with Crippen molar-refractivity contribution in [1.29, 1.82) is 0 Å². The maximum absolute atomic E-state index is 6.04. The number of rotatable bonds is 3. The van der Waals surface area contributed by atoms with Gasteiger partial charge in [0.2, 0.25) is 0 Å². The van der Waals surface area contributed by atoms with Gasteiger partial charge in [-0.3, -0.25) is 4.90 Å². The molecule has 0 radical (unpaired) electrons. The molecule has 0 aliphatic carbocycles. The van der Waals surface area contributed by atoms with Crippen LogP contribution in [0.15, 0.2) is 47.1 Å². The van der Waals surface area contributed by atoms with Crippen LogP contribution in [0.1, 0.15) is 12.8 Å². The highest BCUT2D eigenvalue weighted by molar-refractivity contribution is 5.82. The van der Waals surface area contributed by atoms with E-state index in [1.807, 2.05) is 30.3 Å². The third kappa shape index (κ3) is 2.45. The molecule has 6 rings (SSSR count). The highest BCUT2D eigenvalue weighted by Crippen LogP contribution is 2.30. The van der Waals surface area contributed by atoms with Crippen LogP contribution in [0.4, 0.5) is 0 Å². The standard InChI is InChI=1S/C19H19N3O2/c1-2-4-16-14(3-1)9-17(23-16)15-10-20-19(21-11-15)24-18-12-22-7-5-13(18)6-8-22/h1-4,9-11,13,18H,5-8,12H2. The first kappa shape index (κ1) is 14.0. The molecule has 1 unspecified atom stereocenters. The number of furan rings is 1. The molecule has 2 aromatic heterocycles. The van der Waals surface area contributed by atoms with Gasteiger partial charge >= 0.3 is 6.01 Å². The van der Waals surface area contributed by atoms with Gasteiger partial charge in [-0.25, -0.2) is 9.97 Å². The van der Waals surface area contributed by atoms with Crippen molar-refractivity contribution in [3.63, 3.8) is 0 Å². The lowest BCUT2D eigenvalue weighted by Gasteiger charge is -2.43. The van der Waals surface area contributed by atoms with E-state index >= 15 is 0 Å². The SMILES string of the molecule is c1ccc2oc(-c3cnc(OC4CN5CCC4CC5)nc3)cc2c1. The van der Waals surface area contributed by atoms with Gasteiger partial charge in [0.25, 0.3) is 0 Å². The lowest BCUT2D eigenvalue weighted by Crippen LogP contribution is -2.52. The molecule has 0 N–H and O–H groups in total. The van der Waals surface area contributed by atoms with Crippen LogP contribution in [-0.2, 0) is 0 Å². The van der Waals surface area contributed by atoms with E-state index in [1.54, 1.807) is 12.4 Å². The predicted molar refractivity (Wildman–Crippen MR) is 90.8 cm³/mol. The van der Waals surface area contributed by atoms with Crippen molar-refractivity contribution in [2.45, 2.75) is 18.9 Å². The first-order chi connectivity index (χ1) is 11.8. The van der Waals surface area contributed by atoms with Crippen LogP contribution in [0.25, 0.3) is 22.3 Å². The number of benzene rings is 1. The minimum absolute atomic E-state index is 0.226. The summed E-state index contributed by atoms with van der Waals surface area (Å²) in [6.45, 7) is 3.41. The molecule has 0 saturated carbocycles. The minimum atomic E-state index is 0.226. The van der Waals surface area contributed by atoms with Gasteiger partial charge < -0.3 is 9.15 Å². The van der Waals surface area contributed by atoms with Crippen molar-refractivity contribution >= 4 is 11.0 Å². The Hall–Kier alpha value is -2.40. The molecule has 1 atom stereocenters. The summed E-state index contributed by atoms with van der Waals surface area (Å²) in [5.74, 6) is 1.43. The van der Waals surface area contributed by atoms with Gasteiger partial charge in [0.15, 0.2) is 0 Å². The smallest absolute Gasteiger partial charge is 0.316 e. The van der Waals surface area contributed by atoms with Gasteiger partial charge in [-0.05, 0) is 44.0 Å². The Kier molecular flexibility index (Phi) is 3.26. The molecule has 2 bridgehead atoms. The summed E-state index contributed by atoms with van der Waals surface area (Å²) in [4.78, 5) is 11.2. The van der Waals surface area contributed by atoms with E-state index in [0.29, 0.717) is 11.9 Å². The Morgan fingerprint density at radius 2 is 1.88 bits per heavy atom. The maximum Gasteiger partial charge on any atom is 0.316 e. The number of aromatic nitrogens is 2. The number of ether oxygens (including phenoxy) is 1. The van der Waals surface area contributed by atoms with E-state index in [2.05, 4.69) is 14.9 Å². The van der Waals surface area contributed by atoms with Crippen LogP contribution in [0.5, 0.6) is 6.01 Å². The largest absolute Gasteiger partial charge is 0.458 e. The summed E-state index contributed by atoms with van der Waals surface area (Å²) in [5, 5.41) is 1.08. The van der Waals surface area contributed by atoms with E-state index in [0.717, 1.165) is 28.8 Å². The van der Waals surface area contributed by atoms with Crippen LogP contribution < -0.4 is 4.74 Å². The number of hydrogen-bond acceptors (Lipinski definition) is 5. The fraction of sp³-hybridized carbons (Fsp3) is 0.368. The van der Waals surface area contributed by atoms with Crippen molar-refractivity contribution in [2.75, 3.05) is 19.6 Å². The second-order valence-electron chi connectivity index (χ2n) is 6.70. The topological polar surface area (TPSA) is 51.4 Å². The molecule has 3 aliphatic heterocycles. The van der Waals surface area contributed by atoms with Crippen LogP contribution in [0.2, 0.25) is 0 Å². The summed E-state index contributed by atoms with van der Waals surface area (Å²) in [7, 11) is 0. The first-order valence-corrected chi connectivity index (χ1v) is 8.55. The van der Waals surface area contributed by atoms with E-state index in [4.69, 9.17) is 9.15 Å². The second-order valence-corrected chi connectivity index (χ2v) is 6.70. The zero-order chi connectivity index (χ0) is 15.9. The van der Waals surface area contributed by atoms with Crippen molar-refractivity contribution in [1.82, 2.24) is 14.9 Å². The van der Waals surface area contributed by atoms with Crippen LogP contribution in [0, 0.1) is 5.92 Å². The lowest BCUT2D eigenvalue weighted by atomic mass is 9.86. The summed E-state index contributed by atoms with van der Waals surface area (Å²) in [6, 6.07) is 10.5. The van der Waals surface area contributed by atoms with Crippen LogP contribution in [-0.4, -0.2) is 40.6 Å². The van der Waals surface area contributed by atoms with Gasteiger partial charge in [0, 0.05) is 24.3 Å². The first-order valence-electron chi connectivity index (χ1n) is 8.55. The Labute approximate surface area is 140 Å². The van der Waals surface area contributed by atoms with Gasteiger partial charge in [0.05, 0.1) is 5.56 Å². The second kappa shape index (κ2) is 5.60. The molecular formula is C19H19N3O2. The van der Waals surface area contributed by atoms with Crippen molar-refractivity contribution < 1.29 is 9.15 Å². The van der Waals surface area contributed by atoms with Crippen LogP contribution >= 0.6 is 0 Å². The van der Waals surface area contributed by atoms with E-state index < -0.39 is 0 Å². The monoisotopic (exact) mass is 321 g/mol. The zero-order valence-electron chi connectivity index (χ0n) is 13.4. The molecule has 5 heteroatoms. The van der Waals surface area contributed by atoms with Crippen LogP contribution in [0.3, 0.4) is 0 Å². The average Bonchev–Trinajstić information content (AvgIpc) is 3.07. The minimum Gasteiger partial charge on any atom is -0.458 e. The molecular weight excluding hydrogens is 302 g/mol. The molecule has 24 heavy (non-hydrogen) atoms. The molecule has 0 spiro atoms. The maximum atomic E-state index is 6.04. The van der Waals surface area contributed by atoms with Gasteiger partial charge in [-0.15, -0.1) is 0 Å². The highest BCUT2D eigenvalue weighted by atomic mass is 16.5. The number of nitrogens with zero attached hydrogens (tertiary/aromatic N) is 3. The number of para-hydroxylation sites is 1. The lowest BCUT2D eigenvalue weighted by molar-refractivity contribution is -0.0123. The fourth-order valence-electron chi connectivity index (χ4n) is 3.81. The van der Waals surface area contributed by atoms with Crippen molar-refractivity contribution in [3.8, 4) is 17.3 Å². The third-order valence-corrected chi connectivity index (χ3v) is 5.19. The molecule has 5 nitrogen and oxygen atoms in total. The Balaban J connectivity index is 1.35. The number of fused-ring (bicyclic) bond motifs is 4. The third-order valence-electron chi connectivity index (χ3n) is 5.19. The quantitative estimate of drug-likeness (QED) is 0.740. The fourth-order valence-corrected chi connectivity index (χ4v) is 3.81. The van der Waals surface area contributed by atoms with Gasteiger partial charge in [0.1, 0.15) is 17.4 Å². The normalized spacial score (nSPS) is 25.9. The molecule has 1 aromatic carbocycles. The molecule has 3 aliphatic rings. The van der Waals surface area contributed by atoms with E-state index in [1.165, 1.54) is 25.9 Å². The molecule has 0 amide bonds. The summed E-state index contributed by atoms with van der Waals surface area (Å²) in [6.07, 6.45) is 6.23. The molecule has 3 saturated heterocycles. The van der Waals surface area contributed by atoms with Gasteiger partial charge in [-0.1, -0.05) is 18.2 Å². The van der Waals surface area contributed by atoms with Crippen molar-refractivity contribution in [2.24, 2.45) is 5.92 Å². The van der Waals surface area contributed by atoms with Gasteiger partial charge in [-0.2, -0.15) is 0 Å².